The number of hydrogen-bond donors (Lipinski definition) is 0. The molecule has 0 bridgehead atoms. The SMILES string of the molecule is Cn1c2c(c3ccccc31)CC(C)(C)N=C2C1=NC(C)(C)Cc2c1n(C)c1ccccc21. The van der Waals surface area contributed by atoms with Crippen molar-refractivity contribution in [1.82, 2.24) is 9.13 Å². The summed E-state index contributed by atoms with van der Waals surface area (Å²) in [4.78, 5) is 10.7. The summed E-state index contributed by atoms with van der Waals surface area (Å²) in [6.07, 6.45) is 1.87. The highest BCUT2D eigenvalue weighted by Crippen LogP contribution is 2.39. The number of rotatable bonds is 1. The molecule has 0 atom stereocenters. The third kappa shape index (κ3) is 2.62. The van der Waals surface area contributed by atoms with Crippen LogP contribution in [0, 0.1) is 0 Å². The first kappa shape index (κ1) is 19.5. The van der Waals surface area contributed by atoms with Crippen LogP contribution in [-0.4, -0.2) is 31.6 Å². The van der Waals surface area contributed by atoms with Crippen molar-refractivity contribution in [2.75, 3.05) is 0 Å². The van der Waals surface area contributed by atoms with Crippen LogP contribution >= 0.6 is 0 Å². The summed E-state index contributed by atoms with van der Waals surface area (Å²) in [5.41, 5.74) is 9.46. The number of benzene rings is 2. The van der Waals surface area contributed by atoms with E-state index in [-0.39, 0.29) is 11.1 Å². The van der Waals surface area contributed by atoms with Gasteiger partial charge in [-0.05, 0) is 63.8 Å². The lowest BCUT2D eigenvalue weighted by Gasteiger charge is -2.33. The largest absolute Gasteiger partial charge is 0.342 e. The first-order valence-electron chi connectivity index (χ1n) is 11.5. The predicted octanol–water partition coefficient (Wildman–Crippen LogP) is 5.62. The van der Waals surface area contributed by atoms with Gasteiger partial charge in [0.25, 0.3) is 0 Å². The summed E-state index contributed by atoms with van der Waals surface area (Å²) >= 11 is 0. The first-order valence-corrected chi connectivity index (χ1v) is 11.5. The standard InChI is InChI=1S/C28H30N4/c1-27(2)15-19-17-11-7-9-13-21(17)31(5)25(19)23(29-27)24-26-20(16-28(3,4)30-24)18-12-8-10-14-22(18)32(26)6/h7-14H,15-16H2,1-6H3. The second kappa shape index (κ2) is 6.22. The highest BCUT2D eigenvalue weighted by molar-refractivity contribution is 6.54. The fourth-order valence-corrected chi connectivity index (χ4v) is 5.89. The van der Waals surface area contributed by atoms with E-state index in [2.05, 4.69) is 99.5 Å². The van der Waals surface area contributed by atoms with E-state index in [1.807, 2.05) is 0 Å². The van der Waals surface area contributed by atoms with Crippen molar-refractivity contribution in [3.63, 3.8) is 0 Å². The average molecular weight is 423 g/mol. The molecule has 6 rings (SSSR count). The van der Waals surface area contributed by atoms with Gasteiger partial charge in [0.2, 0.25) is 0 Å². The van der Waals surface area contributed by atoms with Crippen LogP contribution < -0.4 is 0 Å². The van der Waals surface area contributed by atoms with Crippen molar-refractivity contribution in [1.29, 1.82) is 0 Å². The van der Waals surface area contributed by atoms with Crippen LogP contribution in [0.15, 0.2) is 58.5 Å². The molecule has 0 radical (unpaired) electrons. The number of nitrogens with zero attached hydrogens (tertiary/aromatic N) is 4. The normalized spacial score (nSPS) is 18.9. The van der Waals surface area contributed by atoms with Crippen molar-refractivity contribution < 1.29 is 0 Å². The van der Waals surface area contributed by atoms with Crippen molar-refractivity contribution in [2.24, 2.45) is 24.1 Å². The second-order valence-corrected chi connectivity index (χ2v) is 10.7. The van der Waals surface area contributed by atoms with Gasteiger partial charge in [-0.3, -0.25) is 9.98 Å². The number of aryl methyl sites for hydroxylation is 2. The highest BCUT2D eigenvalue weighted by atomic mass is 15.1. The molecular formula is C28H30N4. The van der Waals surface area contributed by atoms with E-state index in [9.17, 15) is 0 Å². The molecular weight excluding hydrogens is 392 g/mol. The minimum atomic E-state index is -0.179. The third-order valence-electron chi connectivity index (χ3n) is 7.14. The molecule has 32 heavy (non-hydrogen) atoms. The molecule has 4 heterocycles. The minimum Gasteiger partial charge on any atom is -0.342 e. The Morgan fingerprint density at radius 2 is 1.00 bits per heavy atom. The fourth-order valence-electron chi connectivity index (χ4n) is 5.89. The van der Waals surface area contributed by atoms with Gasteiger partial charge in [0.05, 0.1) is 22.5 Å². The van der Waals surface area contributed by atoms with Gasteiger partial charge >= 0.3 is 0 Å². The summed E-state index contributed by atoms with van der Waals surface area (Å²) in [5.74, 6) is 0. The van der Waals surface area contributed by atoms with Crippen molar-refractivity contribution in [2.45, 2.75) is 51.6 Å². The van der Waals surface area contributed by atoms with E-state index in [1.54, 1.807) is 0 Å². The number of para-hydroxylation sites is 2. The predicted molar refractivity (Wildman–Crippen MR) is 134 cm³/mol. The third-order valence-corrected chi connectivity index (χ3v) is 7.14. The summed E-state index contributed by atoms with van der Waals surface area (Å²) in [5, 5.41) is 2.66. The van der Waals surface area contributed by atoms with E-state index in [4.69, 9.17) is 9.98 Å². The molecule has 4 nitrogen and oxygen atoms in total. The lowest BCUT2D eigenvalue weighted by atomic mass is 9.84. The maximum Gasteiger partial charge on any atom is 0.109 e. The van der Waals surface area contributed by atoms with Crippen LogP contribution in [0.5, 0.6) is 0 Å². The molecule has 2 aliphatic heterocycles. The van der Waals surface area contributed by atoms with Crippen molar-refractivity contribution in [3.8, 4) is 0 Å². The number of aromatic nitrogens is 2. The van der Waals surface area contributed by atoms with Gasteiger partial charge in [0.15, 0.2) is 0 Å². The molecule has 162 valence electrons. The lowest BCUT2D eigenvalue weighted by molar-refractivity contribution is 0.507. The quantitative estimate of drug-likeness (QED) is 0.382. The highest BCUT2D eigenvalue weighted by Gasteiger charge is 2.39. The molecule has 0 N–H and O–H groups in total. The summed E-state index contributed by atoms with van der Waals surface area (Å²) in [6.45, 7) is 8.98. The first-order chi connectivity index (χ1) is 15.2. The zero-order valence-corrected chi connectivity index (χ0v) is 19.8. The summed E-state index contributed by atoms with van der Waals surface area (Å²) < 4.78 is 4.65. The topological polar surface area (TPSA) is 34.6 Å². The Balaban J connectivity index is 1.71. The van der Waals surface area contributed by atoms with Crippen LogP contribution in [0.25, 0.3) is 21.8 Å². The van der Waals surface area contributed by atoms with Crippen LogP contribution in [0.3, 0.4) is 0 Å². The molecule has 2 aromatic heterocycles. The van der Waals surface area contributed by atoms with E-state index >= 15 is 0 Å². The average Bonchev–Trinajstić information content (AvgIpc) is 3.18. The number of fused-ring (bicyclic) bond motifs is 6. The van der Waals surface area contributed by atoms with Crippen LogP contribution in [-0.2, 0) is 26.9 Å². The van der Waals surface area contributed by atoms with Gasteiger partial charge < -0.3 is 9.13 Å². The Labute approximate surface area is 189 Å². The zero-order chi connectivity index (χ0) is 22.4. The molecule has 0 fully saturated rings. The molecule has 4 heteroatoms. The molecule has 2 aliphatic rings. The van der Waals surface area contributed by atoms with Gasteiger partial charge in [0.1, 0.15) is 11.4 Å². The smallest absolute Gasteiger partial charge is 0.109 e. The molecule has 2 aromatic carbocycles. The van der Waals surface area contributed by atoms with E-state index < -0.39 is 0 Å². The second-order valence-electron chi connectivity index (χ2n) is 10.7. The molecule has 4 aromatic rings. The zero-order valence-electron chi connectivity index (χ0n) is 19.8. The Hall–Kier alpha value is -3.14. The maximum absolute atomic E-state index is 5.36. The van der Waals surface area contributed by atoms with Crippen LogP contribution in [0.2, 0.25) is 0 Å². The summed E-state index contributed by atoms with van der Waals surface area (Å²) in [7, 11) is 4.35. The molecule has 0 saturated heterocycles. The minimum absolute atomic E-state index is 0.179. The van der Waals surface area contributed by atoms with Gasteiger partial charge in [0, 0.05) is 35.9 Å². The number of aliphatic imine (C=N–C) groups is 2. The van der Waals surface area contributed by atoms with E-state index in [0.717, 1.165) is 24.3 Å². The Morgan fingerprint density at radius 3 is 1.41 bits per heavy atom. The van der Waals surface area contributed by atoms with Gasteiger partial charge in [-0.15, -0.1) is 0 Å². The molecule has 0 amide bonds. The lowest BCUT2D eigenvalue weighted by Crippen LogP contribution is -2.39. The van der Waals surface area contributed by atoms with Gasteiger partial charge in [-0.2, -0.15) is 0 Å². The Bertz CT molecular complexity index is 1370. The molecule has 0 aliphatic carbocycles. The Kier molecular flexibility index (Phi) is 3.80. The Morgan fingerprint density at radius 1 is 0.625 bits per heavy atom. The van der Waals surface area contributed by atoms with E-state index in [0.29, 0.717) is 0 Å². The molecule has 0 saturated carbocycles. The number of hydrogen-bond acceptors (Lipinski definition) is 2. The van der Waals surface area contributed by atoms with Gasteiger partial charge in [-0.1, -0.05) is 36.4 Å². The monoisotopic (exact) mass is 422 g/mol. The van der Waals surface area contributed by atoms with E-state index in [1.165, 1.54) is 44.3 Å². The molecule has 0 spiro atoms. The molecule has 0 unspecified atom stereocenters. The van der Waals surface area contributed by atoms with Crippen LogP contribution in [0.4, 0.5) is 0 Å². The summed E-state index contributed by atoms with van der Waals surface area (Å²) in [6, 6.07) is 17.5. The van der Waals surface area contributed by atoms with Gasteiger partial charge in [-0.25, -0.2) is 0 Å². The van der Waals surface area contributed by atoms with Crippen molar-refractivity contribution >= 4 is 33.2 Å². The van der Waals surface area contributed by atoms with Crippen LogP contribution in [0.1, 0.15) is 50.2 Å². The fraction of sp³-hybridized carbons (Fsp3) is 0.357. The maximum atomic E-state index is 5.36. The van der Waals surface area contributed by atoms with Crippen molar-refractivity contribution in [3.05, 3.63) is 71.0 Å².